The van der Waals surface area contributed by atoms with Crippen LogP contribution >= 0.6 is 0 Å². The molecule has 0 radical (unpaired) electrons. The van der Waals surface area contributed by atoms with E-state index in [1.165, 1.54) is 17.5 Å². The highest BCUT2D eigenvalue weighted by molar-refractivity contribution is 5.78. The normalized spacial score (nSPS) is 21.2. The highest BCUT2D eigenvalue weighted by Crippen LogP contribution is 2.27. The van der Waals surface area contributed by atoms with Crippen LogP contribution in [0.25, 0.3) is 0 Å². The lowest BCUT2D eigenvalue weighted by Gasteiger charge is -2.37. The molecule has 1 amide bonds. The molecule has 1 fully saturated rings. The summed E-state index contributed by atoms with van der Waals surface area (Å²) in [6.45, 7) is 2.14. The zero-order chi connectivity index (χ0) is 17.2. The molecule has 1 aromatic carbocycles. The highest BCUT2D eigenvalue weighted by Gasteiger charge is 2.30. The van der Waals surface area contributed by atoms with Crippen molar-refractivity contribution < 1.29 is 4.79 Å². The molecule has 4 rings (SSSR count). The van der Waals surface area contributed by atoms with Gasteiger partial charge in [0.2, 0.25) is 5.91 Å². The average molecular weight is 337 g/mol. The van der Waals surface area contributed by atoms with E-state index >= 15 is 0 Å². The van der Waals surface area contributed by atoms with Crippen molar-refractivity contribution in [3.8, 4) is 0 Å². The molecule has 0 saturated carbocycles. The van der Waals surface area contributed by atoms with Crippen molar-refractivity contribution in [2.75, 3.05) is 13.1 Å². The fourth-order valence-corrected chi connectivity index (χ4v) is 4.38. The first kappa shape index (κ1) is 16.4. The molecular formula is C21H27N3O. The molecule has 2 heterocycles. The predicted octanol–water partition coefficient (Wildman–Crippen LogP) is 2.32. The Morgan fingerprint density at radius 3 is 2.64 bits per heavy atom. The molecular weight excluding hydrogens is 310 g/mol. The number of aromatic nitrogens is 1. The molecule has 4 heteroatoms. The first-order valence-corrected chi connectivity index (χ1v) is 9.38. The molecule has 2 aliphatic rings. The van der Waals surface area contributed by atoms with Gasteiger partial charge >= 0.3 is 0 Å². The number of benzene rings is 1. The summed E-state index contributed by atoms with van der Waals surface area (Å²) in [4.78, 5) is 15.0. The number of rotatable bonds is 4. The second kappa shape index (κ2) is 7.04. The molecule has 1 aromatic heterocycles. The third kappa shape index (κ3) is 3.79. The SMILES string of the molecule is Cn1ccc(CC(=O)NC2CCCN(C3Cc4ccccc4C3)C2)c1. The number of fused-ring (bicyclic) bond motifs is 1. The van der Waals surface area contributed by atoms with E-state index in [1.54, 1.807) is 0 Å². The van der Waals surface area contributed by atoms with Gasteiger partial charge in [-0.2, -0.15) is 0 Å². The Kier molecular flexibility index (Phi) is 4.62. The van der Waals surface area contributed by atoms with Crippen LogP contribution in [0.3, 0.4) is 0 Å². The first-order chi connectivity index (χ1) is 12.2. The molecule has 25 heavy (non-hydrogen) atoms. The van der Waals surface area contributed by atoms with Crippen LogP contribution in [0.15, 0.2) is 42.7 Å². The minimum Gasteiger partial charge on any atom is -0.357 e. The summed E-state index contributed by atoms with van der Waals surface area (Å²) in [6.07, 6.45) is 9.05. The van der Waals surface area contributed by atoms with E-state index in [0.717, 1.165) is 37.9 Å². The van der Waals surface area contributed by atoms with Gasteiger partial charge in [0.25, 0.3) is 0 Å². The molecule has 1 aliphatic carbocycles. The molecule has 2 aromatic rings. The van der Waals surface area contributed by atoms with E-state index < -0.39 is 0 Å². The van der Waals surface area contributed by atoms with Gasteiger partial charge in [0.1, 0.15) is 0 Å². The fraction of sp³-hybridized carbons (Fsp3) is 0.476. The Hall–Kier alpha value is -2.07. The molecule has 1 saturated heterocycles. The number of nitrogens with zero attached hydrogens (tertiary/aromatic N) is 2. The largest absolute Gasteiger partial charge is 0.357 e. The minimum atomic E-state index is 0.146. The summed E-state index contributed by atoms with van der Waals surface area (Å²) in [5.41, 5.74) is 4.09. The first-order valence-electron chi connectivity index (χ1n) is 9.38. The number of amides is 1. The Labute approximate surface area is 149 Å². The van der Waals surface area contributed by atoms with Gasteiger partial charge < -0.3 is 9.88 Å². The zero-order valence-corrected chi connectivity index (χ0v) is 14.9. The quantitative estimate of drug-likeness (QED) is 0.930. The van der Waals surface area contributed by atoms with E-state index in [4.69, 9.17) is 0 Å². The lowest BCUT2D eigenvalue weighted by molar-refractivity contribution is -0.121. The molecule has 132 valence electrons. The zero-order valence-electron chi connectivity index (χ0n) is 14.9. The van der Waals surface area contributed by atoms with Crippen LogP contribution < -0.4 is 5.32 Å². The monoisotopic (exact) mass is 337 g/mol. The van der Waals surface area contributed by atoms with Crippen molar-refractivity contribution in [2.45, 2.75) is 44.2 Å². The van der Waals surface area contributed by atoms with Gasteiger partial charge in [-0.15, -0.1) is 0 Å². The van der Waals surface area contributed by atoms with Crippen molar-refractivity contribution in [3.63, 3.8) is 0 Å². The number of aryl methyl sites for hydroxylation is 1. The van der Waals surface area contributed by atoms with Crippen molar-refractivity contribution >= 4 is 5.91 Å². The van der Waals surface area contributed by atoms with Crippen LogP contribution in [0.4, 0.5) is 0 Å². The third-order valence-electron chi connectivity index (χ3n) is 5.62. The average Bonchev–Trinajstić information content (AvgIpc) is 3.21. The summed E-state index contributed by atoms with van der Waals surface area (Å²) >= 11 is 0. The summed E-state index contributed by atoms with van der Waals surface area (Å²) in [5.74, 6) is 0.146. The number of likely N-dealkylation sites (tertiary alicyclic amines) is 1. The molecule has 0 spiro atoms. The van der Waals surface area contributed by atoms with E-state index in [9.17, 15) is 4.79 Å². The van der Waals surface area contributed by atoms with Crippen molar-refractivity contribution in [2.24, 2.45) is 7.05 Å². The van der Waals surface area contributed by atoms with Gasteiger partial charge in [0, 0.05) is 38.1 Å². The number of hydrogen-bond acceptors (Lipinski definition) is 2. The fourth-order valence-electron chi connectivity index (χ4n) is 4.38. The Bertz CT molecular complexity index is 726. The second-order valence-electron chi connectivity index (χ2n) is 7.59. The van der Waals surface area contributed by atoms with Gasteiger partial charge in [-0.3, -0.25) is 9.69 Å². The maximum atomic E-state index is 12.4. The predicted molar refractivity (Wildman–Crippen MR) is 99.5 cm³/mol. The summed E-state index contributed by atoms with van der Waals surface area (Å²) in [6, 6.07) is 11.7. The maximum absolute atomic E-state index is 12.4. The van der Waals surface area contributed by atoms with E-state index in [0.29, 0.717) is 12.5 Å². The lowest BCUT2D eigenvalue weighted by Crippen LogP contribution is -2.51. The van der Waals surface area contributed by atoms with Crippen LogP contribution in [-0.4, -0.2) is 40.5 Å². The Morgan fingerprint density at radius 1 is 1.20 bits per heavy atom. The summed E-state index contributed by atoms with van der Waals surface area (Å²) < 4.78 is 1.99. The third-order valence-corrected chi connectivity index (χ3v) is 5.62. The summed E-state index contributed by atoms with van der Waals surface area (Å²) in [5, 5.41) is 3.26. The molecule has 0 bridgehead atoms. The molecule has 1 N–H and O–H groups in total. The second-order valence-corrected chi connectivity index (χ2v) is 7.59. The van der Waals surface area contributed by atoms with Gasteiger partial charge in [-0.1, -0.05) is 24.3 Å². The van der Waals surface area contributed by atoms with Gasteiger partial charge in [0.15, 0.2) is 0 Å². The Balaban J connectivity index is 1.31. The van der Waals surface area contributed by atoms with Crippen molar-refractivity contribution in [1.29, 1.82) is 0 Å². The highest BCUT2D eigenvalue weighted by atomic mass is 16.1. The number of nitrogens with one attached hydrogen (secondary N) is 1. The molecule has 4 nitrogen and oxygen atoms in total. The van der Waals surface area contributed by atoms with E-state index in [1.807, 2.05) is 30.1 Å². The maximum Gasteiger partial charge on any atom is 0.224 e. The van der Waals surface area contributed by atoms with Gasteiger partial charge in [-0.25, -0.2) is 0 Å². The Morgan fingerprint density at radius 2 is 1.96 bits per heavy atom. The van der Waals surface area contributed by atoms with Gasteiger partial charge in [0.05, 0.1) is 6.42 Å². The molecule has 1 atom stereocenters. The number of carbonyl (C=O) groups is 1. The number of carbonyl (C=O) groups excluding carboxylic acids is 1. The van der Waals surface area contributed by atoms with Crippen LogP contribution in [0.2, 0.25) is 0 Å². The smallest absolute Gasteiger partial charge is 0.224 e. The number of piperidine rings is 1. The van der Waals surface area contributed by atoms with Crippen LogP contribution in [0.5, 0.6) is 0 Å². The van der Waals surface area contributed by atoms with Crippen LogP contribution in [0.1, 0.15) is 29.5 Å². The number of hydrogen-bond donors (Lipinski definition) is 1. The lowest BCUT2D eigenvalue weighted by atomic mass is 10.0. The van der Waals surface area contributed by atoms with Crippen molar-refractivity contribution in [3.05, 3.63) is 59.4 Å². The van der Waals surface area contributed by atoms with Crippen LogP contribution in [-0.2, 0) is 31.1 Å². The van der Waals surface area contributed by atoms with E-state index in [-0.39, 0.29) is 11.9 Å². The molecule has 1 unspecified atom stereocenters. The topological polar surface area (TPSA) is 37.3 Å². The van der Waals surface area contributed by atoms with Gasteiger partial charge in [-0.05, 0) is 55.0 Å². The van der Waals surface area contributed by atoms with Crippen molar-refractivity contribution in [1.82, 2.24) is 14.8 Å². The standard InChI is InChI=1S/C21H27N3O/c1-23-10-8-16(14-23)11-21(25)22-19-7-4-9-24(15-19)20-12-17-5-2-3-6-18(17)13-20/h2-3,5-6,8,10,14,19-20H,4,7,9,11-13,15H2,1H3,(H,22,25). The minimum absolute atomic E-state index is 0.146. The van der Waals surface area contributed by atoms with Crippen LogP contribution in [0, 0.1) is 0 Å². The molecule has 1 aliphatic heterocycles. The van der Waals surface area contributed by atoms with E-state index in [2.05, 4.69) is 34.5 Å². The summed E-state index contributed by atoms with van der Waals surface area (Å²) in [7, 11) is 1.99.